The number of halogens is 3. The normalized spacial score (nSPS) is 12.3. The van der Waals surface area contributed by atoms with Crippen LogP contribution in [0.15, 0.2) is 59.8 Å². The molecule has 2 aromatic rings. The number of nitrogens with zero attached hydrogens (tertiary/aromatic N) is 2. The predicted molar refractivity (Wildman–Crippen MR) is 147 cm³/mol. The van der Waals surface area contributed by atoms with E-state index in [2.05, 4.69) is 41.3 Å². The first-order valence-electron chi connectivity index (χ1n) is 11.6. The van der Waals surface area contributed by atoms with Crippen LogP contribution in [-0.2, 0) is 4.79 Å². The lowest BCUT2D eigenvalue weighted by Gasteiger charge is -2.18. The molecule has 0 fully saturated rings. The Morgan fingerprint density at radius 1 is 1.14 bits per heavy atom. The molecule has 8 heteroatoms. The van der Waals surface area contributed by atoms with Crippen LogP contribution in [0.5, 0.6) is 0 Å². The molecule has 2 aromatic carbocycles. The summed E-state index contributed by atoms with van der Waals surface area (Å²) in [6.45, 7) is 8.75. The third-order valence-corrected chi connectivity index (χ3v) is 6.04. The van der Waals surface area contributed by atoms with Crippen LogP contribution in [0.25, 0.3) is 0 Å². The molecule has 0 bridgehead atoms. The molecular formula is C27H33Cl2FN4O. The third-order valence-electron chi connectivity index (χ3n) is 5.36. The van der Waals surface area contributed by atoms with Gasteiger partial charge in [-0.15, -0.1) is 0 Å². The van der Waals surface area contributed by atoms with Crippen molar-refractivity contribution in [1.82, 2.24) is 4.90 Å². The fourth-order valence-corrected chi connectivity index (χ4v) is 3.55. The number of aryl methyl sites for hydroxylation is 1. The van der Waals surface area contributed by atoms with Crippen LogP contribution < -0.4 is 10.6 Å². The standard InChI is InChI=1S/C27H33Cl2FN4O/c1-6-7-8-16-31-27(33-22-12-9-11-20(28)26(22)30)24-19(4)14-15-21(25(24)29)32-23(35)13-10-17-34(5)18(2)3/h8-16,18H,6-7,17H2,1-5H3,(H,31,33)(H,32,35)/b13-10+,16-8+. The molecule has 0 aromatic heterocycles. The largest absolute Gasteiger partial charge is 0.337 e. The molecular weight excluding hydrogens is 486 g/mol. The summed E-state index contributed by atoms with van der Waals surface area (Å²) >= 11 is 12.7. The first-order chi connectivity index (χ1) is 16.6. The minimum atomic E-state index is -0.589. The molecule has 188 valence electrons. The maximum absolute atomic E-state index is 14.6. The van der Waals surface area contributed by atoms with E-state index in [4.69, 9.17) is 23.2 Å². The average Bonchev–Trinajstić information content (AvgIpc) is 2.81. The number of rotatable bonds is 10. The van der Waals surface area contributed by atoms with E-state index < -0.39 is 5.82 Å². The number of anilines is 2. The van der Waals surface area contributed by atoms with E-state index in [0.29, 0.717) is 34.7 Å². The Hall–Kier alpha value is -2.67. The van der Waals surface area contributed by atoms with E-state index in [1.807, 2.05) is 26.1 Å². The van der Waals surface area contributed by atoms with Gasteiger partial charge in [-0.2, -0.15) is 0 Å². The summed E-state index contributed by atoms with van der Waals surface area (Å²) in [5.74, 6) is -0.547. The Morgan fingerprint density at radius 2 is 1.89 bits per heavy atom. The maximum atomic E-state index is 14.6. The van der Waals surface area contributed by atoms with Crippen LogP contribution in [0.4, 0.5) is 15.8 Å². The van der Waals surface area contributed by atoms with Crippen molar-refractivity contribution in [3.63, 3.8) is 0 Å². The van der Waals surface area contributed by atoms with Crippen LogP contribution in [-0.4, -0.2) is 36.3 Å². The van der Waals surface area contributed by atoms with E-state index in [-0.39, 0.29) is 16.6 Å². The fourth-order valence-electron chi connectivity index (χ4n) is 3.03. The number of carbonyl (C=O) groups is 1. The van der Waals surface area contributed by atoms with E-state index in [9.17, 15) is 9.18 Å². The number of hydrogen-bond acceptors (Lipinski definition) is 3. The van der Waals surface area contributed by atoms with Crippen molar-refractivity contribution in [2.45, 2.75) is 46.6 Å². The van der Waals surface area contributed by atoms with Gasteiger partial charge in [-0.25, -0.2) is 9.38 Å². The summed E-state index contributed by atoms with van der Waals surface area (Å²) in [5.41, 5.74) is 1.95. The number of carbonyl (C=O) groups excluding carboxylic acids is 1. The summed E-state index contributed by atoms with van der Waals surface area (Å²) in [5, 5.41) is 6.14. The van der Waals surface area contributed by atoms with Gasteiger partial charge in [0.2, 0.25) is 5.91 Å². The van der Waals surface area contributed by atoms with Gasteiger partial charge in [-0.3, -0.25) is 4.79 Å². The van der Waals surface area contributed by atoms with Gasteiger partial charge in [0.25, 0.3) is 0 Å². The third kappa shape index (κ3) is 8.49. The summed E-state index contributed by atoms with van der Waals surface area (Å²) in [4.78, 5) is 19.1. The predicted octanol–water partition coefficient (Wildman–Crippen LogP) is 7.45. The SMILES string of the molecule is CCC/C=C/N=C(/Nc1cccc(Cl)c1F)c1c(C)ccc(NC(=O)/C=C/CN(C)C(C)C)c1Cl. The minimum absolute atomic E-state index is 0.00499. The van der Waals surface area contributed by atoms with Gasteiger partial charge >= 0.3 is 0 Å². The molecule has 2 N–H and O–H groups in total. The molecule has 0 saturated carbocycles. The first kappa shape index (κ1) is 28.6. The molecule has 0 spiro atoms. The smallest absolute Gasteiger partial charge is 0.248 e. The lowest BCUT2D eigenvalue weighted by molar-refractivity contribution is -0.111. The monoisotopic (exact) mass is 518 g/mol. The summed E-state index contributed by atoms with van der Waals surface area (Å²) < 4.78 is 14.6. The van der Waals surface area contributed by atoms with Crippen LogP contribution in [0.1, 0.15) is 44.7 Å². The molecule has 0 saturated heterocycles. The van der Waals surface area contributed by atoms with Gasteiger partial charge in [0, 0.05) is 30.4 Å². The number of benzene rings is 2. The Labute approximate surface area is 217 Å². The van der Waals surface area contributed by atoms with Crippen molar-refractivity contribution < 1.29 is 9.18 Å². The zero-order chi connectivity index (χ0) is 26.0. The van der Waals surface area contributed by atoms with E-state index >= 15 is 0 Å². The van der Waals surface area contributed by atoms with Crippen molar-refractivity contribution >= 4 is 46.3 Å². The molecule has 0 aliphatic heterocycles. The zero-order valence-corrected chi connectivity index (χ0v) is 22.3. The van der Waals surface area contributed by atoms with Crippen LogP contribution in [0.2, 0.25) is 10.0 Å². The number of likely N-dealkylation sites (N-methyl/N-ethyl adjacent to an activating group) is 1. The summed E-state index contributed by atoms with van der Waals surface area (Å²) in [6, 6.07) is 8.62. The molecule has 0 heterocycles. The summed E-state index contributed by atoms with van der Waals surface area (Å²) in [6.07, 6.45) is 8.68. The molecule has 1 amide bonds. The number of nitrogens with one attached hydrogen (secondary N) is 2. The Bertz CT molecular complexity index is 1110. The number of aliphatic imine (C=N–C) groups is 1. The van der Waals surface area contributed by atoms with Crippen LogP contribution in [0.3, 0.4) is 0 Å². The molecule has 2 rings (SSSR count). The zero-order valence-electron chi connectivity index (χ0n) is 20.8. The lowest BCUT2D eigenvalue weighted by atomic mass is 10.1. The Kier molecular flexibility index (Phi) is 11.4. The molecule has 0 atom stereocenters. The van der Waals surface area contributed by atoms with Crippen molar-refractivity contribution in [3.8, 4) is 0 Å². The number of amides is 1. The highest BCUT2D eigenvalue weighted by atomic mass is 35.5. The molecule has 0 aliphatic carbocycles. The van der Waals surface area contributed by atoms with Gasteiger partial charge in [-0.1, -0.05) is 60.8 Å². The minimum Gasteiger partial charge on any atom is -0.337 e. The summed E-state index contributed by atoms with van der Waals surface area (Å²) in [7, 11) is 1.99. The first-order valence-corrected chi connectivity index (χ1v) is 12.3. The number of hydrogen-bond donors (Lipinski definition) is 2. The second kappa shape index (κ2) is 14.0. The molecule has 0 radical (unpaired) electrons. The second-order valence-electron chi connectivity index (χ2n) is 8.42. The highest BCUT2D eigenvalue weighted by molar-refractivity contribution is 6.38. The highest BCUT2D eigenvalue weighted by Gasteiger charge is 2.18. The molecule has 0 unspecified atom stereocenters. The van der Waals surface area contributed by atoms with Crippen LogP contribution in [0, 0.1) is 12.7 Å². The Morgan fingerprint density at radius 3 is 2.57 bits per heavy atom. The van der Waals surface area contributed by atoms with Gasteiger partial charge in [0.1, 0.15) is 5.84 Å². The average molecular weight is 519 g/mol. The van der Waals surface area contributed by atoms with E-state index in [0.717, 1.165) is 18.4 Å². The van der Waals surface area contributed by atoms with Gasteiger partial charge in [0.05, 0.1) is 21.4 Å². The number of unbranched alkanes of at least 4 members (excludes halogenated alkanes) is 1. The number of amidine groups is 1. The fraction of sp³-hybridized carbons (Fsp3) is 0.333. The van der Waals surface area contributed by atoms with Crippen molar-refractivity contribution in [3.05, 3.63) is 81.7 Å². The van der Waals surface area contributed by atoms with Gasteiger partial charge in [0.15, 0.2) is 5.82 Å². The molecule has 35 heavy (non-hydrogen) atoms. The van der Waals surface area contributed by atoms with Gasteiger partial charge < -0.3 is 15.5 Å². The molecule has 5 nitrogen and oxygen atoms in total. The maximum Gasteiger partial charge on any atom is 0.248 e. The van der Waals surface area contributed by atoms with E-state index in [1.165, 1.54) is 12.1 Å². The van der Waals surface area contributed by atoms with Gasteiger partial charge in [-0.05, 0) is 58.0 Å². The lowest BCUT2D eigenvalue weighted by Crippen LogP contribution is -2.26. The highest BCUT2D eigenvalue weighted by Crippen LogP contribution is 2.31. The van der Waals surface area contributed by atoms with Crippen molar-refractivity contribution in [2.75, 3.05) is 24.2 Å². The van der Waals surface area contributed by atoms with Crippen molar-refractivity contribution in [2.24, 2.45) is 4.99 Å². The molecule has 0 aliphatic rings. The van der Waals surface area contributed by atoms with Crippen molar-refractivity contribution in [1.29, 1.82) is 0 Å². The Balaban J connectivity index is 2.39. The topological polar surface area (TPSA) is 56.7 Å². The quantitative estimate of drug-likeness (QED) is 0.195. The van der Waals surface area contributed by atoms with E-state index in [1.54, 1.807) is 30.5 Å². The number of allylic oxidation sites excluding steroid dienone is 1. The van der Waals surface area contributed by atoms with Crippen LogP contribution >= 0.6 is 23.2 Å². The second-order valence-corrected chi connectivity index (χ2v) is 9.21.